The monoisotopic (exact) mass is 300 g/mol. The molecule has 6 saturated carbocycles. The van der Waals surface area contributed by atoms with Gasteiger partial charge < -0.3 is 10.0 Å². The lowest BCUT2D eigenvalue weighted by molar-refractivity contribution is -0.655. The van der Waals surface area contributed by atoms with Gasteiger partial charge in [-0.05, 0) is 57.3 Å². The Kier molecular flexibility index (Phi) is 1.72. The van der Waals surface area contributed by atoms with E-state index in [1.807, 2.05) is 32.6 Å². The molecule has 0 radical (unpaired) electrons. The second-order valence-corrected chi connectivity index (χ2v) is 8.52. The van der Waals surface area contributed by atoms with E-state index in [1.54, 1.807) is 0 Å². The highest BCUT2D eigenvalue weighted by atomic mass is 16.4. The summed E-state index contributed by atoms with van der Waals surface area (Å²) >= 11 is 0. The second kappa shape index (κ2) is 2.93. The minimum absolute atomic E-state index is 0.0462. The number of carboxylic acids is 1. The molecule has 8 atom stereocenters. The largest absolute Gasteiger partial charge is 0.481 e. The van der Waals surface area contributed by atoms with E-state index in [2.05, 4.69) is 6.07 Å². The van der Waals surface area contributed by atoms with Crippen molar-refractivity contribution in [1.82, 2.24) is 4.90 Å². The molecule has 4 unspecified atom stereocenters. The minimum atomic E-state index is -0.897. The van der Waals surface area contributed by atoms with Crippen molar-refractivity contribution in [3.8, 4) is 6.07 Å². The van der Waals surface area contributed by atoms with Crippen molar-refractivity contribution >= 4 is 11.9 Å². The van der Waals surface area contributed by atoms with Crippen LogP contribution in [-0.4, -0.2) is 34.0 Å². The molecule has 22 heavy (non-hydrogen) atoms. The van der Waals surface area contributed by atoms with Crippen molar-refractivity contribution < 1.29 is 14.7 Å². The Morgan fingerprint density at radius 1 is 1.05 bits per heavy atom. The van der Waals surface area contributed by atoms with Crippen molar-refractivity contribution in [2.75, 3.05) is 0 Å². The molecule has 0 aromatic rings. The third kappa shape index (κ3) is 0.655. The van der Waals surface area contributed by atoms with E-state index >= 15 is 0 Å². The van der Waals surface area contributed by atoms with Gasteiger partial charge in [0.1, 0.15) is 0 Å². The van der Waals surface area contributed by atoms with Gasteiger partial charge in [0, 0.05) is 12.1 Å². The van der Waals surface area contributed by atoms with Crippen molar-refractivity contribution in [1.29, 1.82) is 5.26 Å². The molecule has 6 aliphatic carbocycles. The zero-order chi connectivity index (χ0) is 16.0. The summed E-state index contributed by atoms with van der Waals surface area (Å²) in [7, 11) is 0. The average molecular weight is 300 g/mol. The van der Waals surface area contributed by atoms with Crippen molar-refractivity contribution in [3.63, 3.8) is 0 Å². The number of hydrogen-bond acceptors (Lipinski definition) is 3. The number of nitriles is 1. The van der Waals surface area contributed by atoms with Crippen LogP contribution in [0.2, 0.25) is 0 Å². The Labute approximate surface area is 129 Å². The fraction of sp³-hybridized carbons (Fsp3) is 0.824. The summed E-state index contributed by atoms with van der Waals surface area (Å²) in [5.41, 5.74) is -1.92. The van der Waals surface area contributed by atoms with Crippen LogP contribution in [0, 0.1) is 57.2 Å². The van der Waals surface area contributed by atoms with Crippen LogP contribution in [0.15, 0.2) is 0 Å². The zero-order valence-electron chi connectivity index (χ0n) is 13.2. The van der Waals surface area contributed by atoms with Gasteiger partial charge in [-0.25, -0.2) is 0 Å². The van der Waals surface area contributed by atoms with Crippen LogP contribution in [0.25, 0.3) is 0 Å². The smallest absolute Gasteiger partial charge is 0.311 e. The van der Waals surface area contributed by atoms with E-state index in [0.29, 0.717) is 5.92 Å². The molecule has 0 saturated heterocycles. The summed E-state index contributed by atoms with van der Waals surface area (Å²) in [6, 6.07) is 2.56. The molecule has 0 spiro atoms. The third-order valence-electron chi connectivity index (χ3n) is 8.04. The molecule has 6 rings (SSSR count). The van der Waals surface area contributed by atoms with Gasteiger partial charge in [0.05, 0.1) is 22.3 Å². The van der Waals surface area contributed by atoms with Gasteiger partial charge in [0.2, 0.25) is 5.91 Å². The molecule has 5 nitrogen and oxygen atoms in total. The summed E-state index contributed by atoms with van der Waals surface area (Å²) in [4.78, 5) is 27.2. The van der Waals surface area contributed by atoms with Crippen LogP contribution in [0.3, 0.4) is 0 Å². The Hall–Kier alpha value is -1.57. The number of carboxylic acid groups (broad SMARTS) is 1. The van der Waals surface area contributed by atoms with E-state index in [9.17, 15) is 20.0 Å². The molecule has 0 aliphatic heterocycles. The number of nitrogens with zero attached hydrogens (tertiary/aromatic N) is 2. The van der Waals surface area contributed by atoms with Gasteiger partial charge >= 0.3 is 5.97 Å². The number of aliphatic carboxylic acids is 1. The first-order chi connectivity index (χ1) is 10.3. The summed E-state index contributed by atoms with van der Waals surface area (Å²) in [5, 5.41) is 19.4. The van der Waals surface area contributed by atoms with E-state index in [-0.39, 0.29) is 47.1 Å². The summed E-state index contributed by atoms with van der Waals surface area (Å²) < 4.78 is 0. The van der Waals surface area contributed by atoms with Gasteiger partial charge in [-0.3, -0.25) is 9.59 Å². The van der Waals surface area contributed by atoms with Crippen LogP contribution in [-0.2, 0) is 9.59 Å². The zero-order valence-corrected chi connectivity index (χ0v) is 13.2. The predicted molar refractivity (Wildman–Crippen MR) is 75.1 cm³/mol. The highest BCUT2D eigenvalue weighted by Gasteiger charge is 3.19. The fourth-order valence-corrected chi connectivity index (χ4v) is 8.08. The lowest BCUT2D eigenvalue weighted by atomic mass is 8.88. The second-order valence-electron chi connectivity index (χ2n) is 8.52. The van der Waals surface area contributed by atoms with Gasteiger partial charge in [-0.2, -0.15) is 5.26 Å². The van der Waals surface area contributed by atoms with Gasteiger partial charge in [-0.15, -0.1) is 0 Å². The molecule has 6 fully saturated rings. The predicted octanol–water partition coefficient (Wildman–Crippen LogP) is 1.35. The highest BCUT2D eigenvalue weighted by molar-refractivity contribution is 6.04. The Morgan fingerprint density at radius 2 is 1.55 bits per heavy atom. The van der Waals surface area contributed by atoms with Crippen molar-refractivity contribution in [2.24, 2.45) is 45.8 Å². The molecule has 0 heterocycles. The summed E-state index contributed by atoms with van der Waals surface area (Å²) in [6.07, 6.45) is 0. The fourth-order valence-electron chi connectivity index (χ4n) is 8.08. The highest BCUT2D eigenvalue weighted by Crippen LogP contribution is 3.14. The van der Waals surface area contributed by atoms with Gasteiger partial charge in [-0.1, -0.05) is 0 Å². The van der Waals surface area contributed by atoms with Crippen molar-refractivity contribution in [3.05, 3.63) is 0 Å². The standard InChI is InChI=1S/C17H20N2O3/c1-6(2)19(7(3)4)13(20)16-9-8-10(16)12-15(8,5-18)11(9)17(12,16)14(21)22/h6-12H,1-4H3,(H,21,22)/t8?,9-,10+,11-,12-,15?,16?,17?/m1/s1. The number of hydrogen-bond donors (Lipinski definition) is 1. The average Bonchev–Trinajstić information content (AvgIpc) is 2.44. The Balaban J connectivity index is 1.58. The first-order valence-corrected chi connectivity index (χ1v) is 8.26. The van der Waals surface area contributed by atoms with E-state index in [4.69, 9.17) is 0 Å². The van der Waals surface area contributed by atoms with E-state index in [1.165, 1.54) is 0 Å². The molecule has 1 N–H and O–H groups in total. The molecule has 6 aliphatic rings. The topological polar surface area (TPSA) is 81.4 Å². The van der Waals surface area contributed by atoms with E-state index in [0.717, 1.165) is 0 Å². The number of carbonyl (C=O) groups is 2. The minimum Gasteiger partial charge on any atom is -0.481 e. The molecule has 0 bridgehead atoms. The first-order valence-electron chi connectivity index (χ1n) is 8.26. The number of amides is 1. The van der Waals surface area contributed by atoms with E-state index < -0.39 is 16.8 Å². The molecule has 1 amide bonds. The molecule has 0 aromatic heterocycles. The van der Waals surface area contributed by atoms with Crippen LogP contribution in [0.4, 0.5) is 0 Å². The maximum absolute atomic E-state index is 13.3. The van der Waals surface area contributed by atoms with Crippen molar-refractivity contribution in [2.45, 2.75) is 39.8 Å². The lowest BCUT2D eigenvalue weighted by Crippen LogP contribution is -3.16. The number of carbonyl (C=O) groups excluding carboxylic acids is 1. The SMILES string of the molecule is CC(C)N(C(=O)C12[C@@H]3C4[C@H]1[C@@H]1C4(C#N)[C@@H]3C12C(=O)O)C(C)C. The molecular weight excluding hydrogens is 280 g/mol. The molecule has 0 aromatic carbocycles. The molecule has 116 valence electrons. The van der Waals surface area contributed by atoms with Gasteiger partial charge in [0.25, 0.3) is 0 Å². The summed E-state index contributed by atoms with van der Waals surface area (Å²) in [6.45, 7) is 7.96. The first kappa shape index (κ1) is 12.9. The van der Waals surface area contributed by atoms with Gasteiger partial charge in [0.15, 0.2) is 0 Å². The quantitative estimate of drug-likeness (QED) is 0.849. The molecule has 5 heteroatoms. The normalized spacial score (nSPS) is 56.7. The van der Waals surface area contributed by atoms with Crippen LogP contribution >= 0.6 is 0 Å². The lowest BCUT2D eigenvalue weighted by Gasteiger charge is -3.11. The van der Waals surface area contributed by atoms with Crippen LogP contribution < -0.4 is 0 Å². The van der Waals surface area contributed by atoms with Crippen LogP contribution in [0.5, 0.6) is 0 Å². The van der Waals surface area contributed by atoms with Crippen LogP contribution in [0.1, 0.15) is 27.7 Å². The summed E-state index contributed by atoms with van der Waals surface area (Å²) in [5.74, 6) is -0.222. The number of rotatable bonds is 4. The maximum atomic E-state index is 13.3. The molecular formula is C17H20N2O3. The third-order valence-corrected chi connectivity index (χ3v) is 8.04. The maximum Gasteiger partial charge on any atom is 0.311 e. The Bertz CT molecular complexity index is 675. The Morgan fingerprint density at radius 3 is 1.91 bits per heavy atom.